The van der Waals surface area contributed by atoms with Crippen LogP contribution in [0.5, 0.6) is 0 Å². The lowest BCUT2D eigenvalue weighted by molar-refractivity contribution is 0.0686. The van der Waals surface area contributed by atoms with Crippen LogP contribution in [0.4, 0.5) is 10.1 Å². The molecule has 2 N–H and O–H groups in total. The Morgan fingerprint density at radius 2 is 2.10 bits per heavy atom. The average Bonchev–Trinajstić information content (AvgIpc) is 2.50. The molecule has 0 amide bonds. The van der Waals surface area contributed by atoms with Gasteiger partial charge in [-0.3, -0.25) is 10.8 Å². The van der Waals surface area contributed by atoms with Gasteiger partial charge in [0.05, 0.1) is 18.9 Å². The topological polar surface area (TPSA) is 84.5 Å². The lowest BCUT2D eigenvalue weighted by atomic mass is 10.3. The van der Waals surface area contributed by atoms with Crippen LogP contribution < -0.4 is 5.43 Å². The van der Waals surface area contributed by atoms with Gasteiger partial charge in [-0.1, -0.05) is 12.1 Å². The lowest BCUT2D eigenvalue weighted by Crippen LogP contribution is -2.43. The van der Waals surface area contributed by atoms with Gasteiger partial charge in [0, 0.05) is 13.1 Å². The van der Waals surface area contributed by atoms with Gasteiger partial charge in [0.25, 0.3) is 0 Å². The maximum atomic E-state index is 13.4. The lowest BCUT2D eigenvalue weighted by Gasteiger charge is -2.28. The molecule has 0 aliphatic carbocycles. The molecule has 0 saturated carbocycles. The summed E-state index contributed by atoms with van der Waals surface area (Å²) < 4.78 is 18.6. The summed E-state index contributed by atoms with van der Waals surface area (Å²) in [4.78, 5) is 1.70. The molecular weight excluding hydrogens is 261 g/mol. The number of hydrogen-bond donors (Lipinski definition) is 2. The monoisotopic (exact) mass is 275 g/mol. The molecule has 20 heavy (non-hydrogen) atoms. The fourth-order valence-electron chi connectivity index (χ4n) is 1.74. The second kappa shape index (κ2) is 6.63. The Bertz CT molecular complexity index is 560. The van der Waals surface area contributed by atoms with Crippen LogP contribution >= 0.6 is 0 Å². The smallest absolute Gasteiger partial charge is 0.202 e. The fraction of sp³-hybridized carbons (Fsp3) is 0.308. The summed E-state index contributed by atoms with van der Waals surface area (Å²) in [7, 11) is 0. The number of hydrazone groups is 1. The van der Waals surface area contributed by atoms with Gasteiger partial charge >= 0.3 is 0 Å². The zero-order chi connectivity index (χ0) is 14.4. The Balaban J connectivity index is 2.08. The van der Waals surface area contributed by atoms with Crippen LogP contribution in [0, 0.1) is 22.6 Å². The number of morpholine rings is 1. The van der Waals surface area contributed by atoms with Crippen molar-refractivity contribution < 1.29 is 9.13 Å². The molecule has 0 unspecified atom stereocenters. The van der Waals surface area contributed by atoms with Crippen LogP contribution in [-0.4, -0.2) is 42.8 Å². The van der Waals surface area contributed by atoms with E-state index in [0.29, 0.717) is 26.3 Å². The Labute approximate surface area is 116 Å². The SMILES string of the molecule is N#CC(=NNc1ccccc1F)C(=N)N1CCOCC1. The minimum atomic E-state index is -0.466. The largest absolute Gasteiger partial charge is 0.378 e. The molecule has 1 aliphatic rings. The summed E-state index contributed by atoms with van der Waals surface area (Å²) in [5.74, 6) is -0.453. The number of ether oxygens (including phenoxy) is 1. The van der Waals surface area contributed by atoms with Crippen molar-refractivity contribution in [3.63, 3.8) is 0 Å². The number of rotatable bonds is 3. The van der Waals surface area contributed by atoms with Crippen LogP contribution in [0.1, 0.15) is 0 Å². The van der Waals surface area contributed by atoms with Crippen molar-refractivity contribution in [3.05, 3.63) is 30.1 Å². The van der Waals surface area contributed by atoms with E-state index in [1.165, 1.54) is 12.1 Å². The average molecular weight is 275 g/mol. The van der Waals surface area contributed by atoms with Crippen LogP contribution in [0.25, 0.3) is 0 Å². The first-order valence-electron chi connectivity index (χ1n) is 6.12. The first kappa shape index (κ1) is 14.0. The maximum absolute atomic E-state index is 13.4. The summed E-state index contributed by atoms with van der Waals surface area (Å²) in [5.41, 5.74) is 2.55. The number of hydrogen-bond acceptors (Lipinski definition) is 5. The number of nitrogens with one attached hydrogen (secondary N) is 2. The Morgan fingerprint density at radius 1 is 1.40 bits per heavy atom. The van der Waals surface area contributed by atoms with Crippen molar-refractivity contribution in [1.29, 1.82) is 10.7 Å². The summed E-state index contributed by atoms with van der Waals surface area (Å²) >= 11 is 0. The van der Waals surface area contributed by atoms with Crippen LogP contribution in [0.3, 0.4) is 0 Å². The second-order valence-electron chi connectivity index (χ2n) is 4.11. The number of benzene rings is 1. The highest BCUT2D eigenvalue weighted by molar-refractivity contribution is 6.46. The van der Waals surface area contributed by atoms with Gasteiger partial charge in [0.1, 0.15) is 11.9 Å². The number of nitrogens with zero attached hydrogens (tertiary/aromatic N) is 3. The van der Waals surface area contributed by atoms with E-state index in [1.54, 1.807) is 17.0 Å². The molecular formula is C13H14FN5O. The standard InChI is InChI=1S/C13H14FN5O/c14-10-3-1-2-4-11(10)17-18-12(9-15)13(16)19-5-7-20-8-6-19/h1-4,16-17H,5-8H2. The number of nitriles is 1. The first-order valence-corrected chi connectivity index (χ1v) is 6.12. The normalized spacial score (nSPS) is 15.6. The molecule has 1 saturated heterocycles. The summed E-state index contributed by atoms with van der Waals surface area (Å²) in [6.07, 6.45) is 0. The van der Waals surface area contributed by atoms with E-state index in [9.17, 15) is 4.39 Å². The third-order valence-corrected chi connectivity index (χ3v) is 2.82. The fourth-order valence-corrected chi connectivity index (χ4v) is 1.74. The van der Waals surface area contributed by atoms with Crippen molar-refractivity contribution in [2.45, 2.75) is 0 Å². The third-order valence-electron chi connectivity index (χ3n) is 2.82. The molecule has 2 rings (SSSR count). The zero-order valence-corrected chi connectivity index (χ0v) is 10.8. The van der Waals surface area contributed by atoms with E-state index in [0.717, 1.165) is 0 Å². The van der Waals surface area contributed by atoms with Crippen molar-refractivity contribution >= 4 is 17.2 Å². The van der Waals surface area contributed by atoms with Gasteiger partial charge in [-0.15, -0.1) is 0 Å². The van der Waals surface area contributed by atoms with E-state index in [4.69, 9.17) is 15.4 Å². The van der Waals surface area contributed by atoms with E-state index in [2.05, 4.69) is 10.5 Å². The number of amidine groups is 1. The summed E-state index contributed by atoms with van der Waals surface area (Å²) in [6, 6.07) is 7.86. The Kier molecular flexibility index (Phi) is 4.63. The van der Waals surface area contributed by atoms with E-state index in [1.807, 2.05) is 6.07 Å². The van der Waals surface area contributed by atoms with Crippen LogP contribution in [0.15, 0.2) is 29.4 Å². The molecule has 1 aliphatic heterocycles. The van der Waals surface area contributed by atoms with Crippen LogP contribution in [-0.2, 0) is 4.74 Å². The first-order chi connectivity index (χ1) is 9.72. The molecule has 0 radical (unpaired) electrons. The predicted octanol–water partition coefficient (Wildman–Crippen LogP) is 1.43. The molecule has 104 valence electrons. The van der Waals surface area contributed by atoms with Crippen molar-refractivity contribution in [2.75, 3.05) is 31.7 Å². The number of anilines is 1. The molecule has 0 aromatic heterocycles. The van der Waals surface area contributed by atoms with Crippen molar-refractivity contribution in [2.24, 2.45) is 5.10 Å². The van der Waals surface area contributed by atoms with Crippen molar-refractivity contribution in [1.82, 2.24) is 4.90 Å². The third kappa shape index (κ3) is 3.30. The van der Waals surface area contributed by atoms with Gasteiger partial charge in [0.2, 0.25) is 5.71 Å². The number of para-hydroxylation sites is 1. The maximum Gasteiger partial charge on any atom is 0.202 e. The van der Waals surface area contributed by atoms with Crippen LogP contribution in [0.2, 0.25) is 0 Å². The molecule has 0 bridgehead atoms. The molecule has 0 spiro atoms. The van der Waals surface area contributed by atoms with E-state index in [-0.39, 0.29) is 17.2 Å². The Hall–Kier alpha value is -2.46. The minimum absolute atomic E-state index is 0.0136. The summed E-state index contributed by atoms with van der Waals surface area (Å²) in [5, 5.41) is 20.8. The Morgan fingerprint density at radius 3 is 2.75 bits per heavy atom. The van der Waals surface area contributed by atoms with Crippen molar-refractivity contribution in [3.8, 4) is 6.07 Å². The van der Waals surface area contributed by atoms with Gasteiger partial charge in [-0.25, -0.2) is 4.39 Å². The molecule has 1 fully saturated rings. The highest BCUT2D eigenvalue weighted by atomic mass is 19.1. The van der Waals surface area contributed by atoms with Gasteiger partial charge in [0.15, 0.2) is 5.84 Å². The second-order valence-corrected chi connectivity index (χ2v) is 4.11. The highest BCUT2D eigenvalue weighted by Gasteiger charge is 2.18. The highest BCUT2D eigenvalue weighted by Crippen LogP contribution is 2.12. The zero-order valence-electron chi connectivity index (χ0n) is 10.8. The predicted molar refractivity (Wildman–Crippen MR) is 73.2 cm³/mol. The number of halogens is 1. The quantitative estimate of drug-likeness (QED) is 0.496. The summed E-state index contributed by atoms with van der Waals surface area (Å²) in [6.45, 7) is 2.11. The molecule has 6 nitrogen and oxygen atoms in total. The molecule has 1 aromatic rings. The molecule has 7 heteroatoms. The van der Waals surface area contributed by atoms with E-state index < -0.39 is 5.82 Å². The van der Waals surface area contributed by atoms with E-state index >= 15 is 0 Å². The minimum Gasteiger partial charge on any atom is -0.378 e. The van der Waals surface area contributed by atoms with Gasteiger partial charge in [-0.2, -0.15) is 10.4 Å². The molecule has 1 aromatic carbocycles. The molecule has 1 heterocycles. The van der Waals surface area contributed by atoms with Gasteiger partial charge < -0.3 is 9.64 Å². The van der Waals surface area contributed by atoms with Gasteiger partial charge in [-0.05, 0) is 12.1 Å². The molecule has 0 atom stereocenters.